The molecule has 6 nitrogen and oxygen atoms in total. The molecule has 0 unspecified atom stereocenters. The minimum atomic E-state index is -0.587. The summed E-state index contributed by atoms with van der Waals surface area (Å²) in [6.07, 6.45) is 1.80. The van der Waals surface area contributed by atoms with Gasteiger partial charge in [-0.3, -0.25) is 4.79 Å². The normalized spacial score (nSPS) is 12.2. The number of amides is 1. The van der Waals surface area contributed by atoms with E-state index in [1.165, 1.54) is 12.1 Å². The smallest absolute Gasteiger partial charge is 0.280 e. The van der Waals surface area contributed by atoms with Gasteiger partial charge in [0.1, 0.15) is 24.2 Å². The minimum Gasteiger partial charge on any atom is -0.489 e. The van der Waals surface area contributed by atoms with Gasteiger partial charge in [0.25, 0.3) is 5.91 Å². The van der Waals surface area contributed by atoms with E-state index in [0.29, 0.717) is 23.5 Å². The molecule has 4 N–H and O–H groups in total. The zero-order valence-electron chi connectivity index (χ0n) is 13.0. The fourth-order valence-corrected chi connectivity index (χ4v) is 2.56. The van der Waals surface area contributed by atoms with Crippen molar-refractivity contribution in [1.29, 1.82) is 5.26 Å². The first-order chi connectivity index (χ1) is 12.0. The van der Waals surface area contributed by atoms with Gasteiger partial charge in [0, 0.05) is 11.1 Å². The fourth-order valence-electron chi connectivity index (χ4n) is 2.56. The summed E-state index contributed by atoms with van der Waals surface area (Å²) in [6.45, 7) is 0.322. The Morgan fingerprint density at radius 2 is 2.04 bits per heavy atom. The summed E-state index contributed by atoms with van der Waals surface area (Å²) in [7, 11) is 0. The molecular formula is C18H13FN4O2. The van der Waals surface area contributed by atoms with Gasteiger partial charge < -0.3 is 16.2 Å². The third-order valence-corrected chi connectivity index (χ3v) is 3.67. The molecule has 3 rings (SSSR count). The van der Waals surface area contributed by atoms with Gasteiger partial charge in [-0.1, -0.05) is 6.07 Å². The second kappa shape index (κ2) is 6.45. The third-order valence-electron chi connectivity index (χ3n) is 3.67. The molecule has 7 heteroatoms. The number of nitrogens with two attached hydrogens (primary N) is 2. The largest absolute Gasteiger partial charge is 0.489 e. The van der Waals surface area contributed by atoms with Gasteiger partial charge in [0.15, 0.2) is 5.96 Å². The van der Waals surface area contributed by atoms with E-state index in [9.17, 15) is 9.18 Å². The van der Waals surface area contributed by atoms with Crippen LogP contribution in [0.5, 0.6) is 5.75 Å². The summed E-state index contributed by atoms with van der Waals surface area (Å²) in [5, 5.41) is 9.02. The Bertz CT molecular complexity index is 970. The Morgan fingerprint density at radius 3 is 2.76 bits per heavy atom. The Balaban J connectivity index is 2.09. The van der Waals surface area contributed by atoms with Crippen molar-refractivity contribution in [3.63, 3.8) is 0 Å². The number of guanidine groups is 1. The first-order valence-electron chi connectivity index (χ1n) is 7.31. The van der Waals surface area contributed by atoms with Gasteiger partial charge in [-0.15, -0.1) is 0 Å². The maximum absolute atomic E-state index is 13.6. The summed E-state index contributed by atoms with van der Waals surface area (Å²) in [4.78, 5) is 15.5. The summed E-state index contributed by atoms with van der Waals surface area (Å²) in [5.41, 5.74) is 12.7. The van der Waals surface area contributed by atoms with Gasteiger partial charge in [0.2, 0.25) is 0 Å². The van der Waals surface area contributed by atoms with Crippen LogP contribution in [-0.2, 0) is 0 Å². The van der Waals surface area contributed by atoms with Gasteiger partial charge in [-0.25, -0.2) is 4.39 Å². The zero-order valence-corrected chi connectivity index (χ0v) is 13.0. The Hall–Kier alpha value is -3.66. The van der Waals surface area contributed by atoms with Crippen LogP contribution in [-0.4, -0.2) is 18.5 Å². The van der Waals surface area contributed by atoms with Crippen molar-refractivity contribution in [2.24, 2.45) is 16.5 Å². The van der Waals surface area contributed by atoms with E-state index < -0.39 is 11.7 Å². The molecule has 0 fully saturated rings. The maximum atomic E-state index is 13.6. The first kappa shape index (κ1) is 16.2. The highest BCUT2D eigenvalue weighted by atomic mass is 19.1. The number of ether oxygens (including phenoxy) is 1. The van der Waals surface area contributed by atoms with E-state index in [2.05, 4.69) is 4.99 Å². The van der Waals surface area contributed by atoms with Crippen molar-refractivity contribution >= 4 is 17.4 Å². The predicted molar refractivity (Wildman–Crippen MR) is 90.3 cm³/mol. The number of hydrogen-bond donors (Lipinski definition) is 2. The molecule has 1 heterocycles. The van der Waals surface area contributed by atoms with E-state index in [4.69, 9.17) is 21.5 Å². The molecular weight excluding hydrogens is 323 g/mol. The fraction of sp³-hybridized carbons (Fsp3) is 0.0556. The van der Waals surface area contributed by atoms with Crippen LogP contribution in [0.4, 0.5) is 4.39 Å². The molecule has 0 saturated carbocycles. The van der Waals surface area contributed by atoms with Crippen LogP contribution >= 0.6 is 0 Å². The topological polar surface area (TPSA) is 114 Å². The number of hydrogen-bond acceptors (Lipinski definition) is 3. The van der Waals surface area contributed by atoms with Gasteiger partial charge in [-0.05, 0) is 47.5 Å². The maximum Gasteiger partial charge on any atom is 0.280 e. The van der Waals surface area contributed by atoms with Crippen molar-refractivity contribution < 1.29 is 13.9 Å². The number of fused-ring (bicyclic) bond motifs is 1. The monoisotopic (exact) mass is 336 g/mol. The lowest BCUT2D eigenvalue weighted by Crippen LogP contribution is -2.24. The molecule has 2 aromatic carbocycles. The van der Waals surface area contributed by atoms with Crippen LogP contribution in [0.15, 0.2) is 47.5 Å². The number of carbonyl (C=O) groups is 1. The van der Waals surface area contributed by atoms with Crippen molar-refractivity contribution in [2.75, 3.05) is 6.61 Å². The van der Waals surface area contributed by atoms with E-state index >= 15 is 0 Å². The third kappa shape index (κ3) is 3.19. The van der Waals surface area contributed by atoms with Crippen molar-refractivity contribution in [1.82, 2.24) is 0 Å². The van der Waals surface area contributed by atoms with Crippen molar-refractivity contribution in [3.8, 4) is 11.8 Å². The van der Waals surface area contributed by atoms with E-state index in [-0.39, 0.29) is 17.1 Å². The highest BCUT2D eigenvalue weighted by Gasteiger charge is 2.19. The number of benzene rings is 2. The molecule has 0 saturated heterocycles. The Labute approximate surface area is 142 Å². The number of rotatable bonds is 2. The molecule has 0 aromatic heterocycles. The van der Waals surface area contributed by atoms with Crippen molar-refractivity contribution in [3.05, 3.63) is 70.5 Å². The Morgan fingerprint density at radius 1 is 1.24 bits per heavy atom. The molecule has 0 radical (unpaired) electrons. The average molecular weight is 336 g/mol. The van der Waals surface area contributed by atoms with Crippen molar-refractivity contribution in [2.45, 2.75) is 0 Å². The molecule has 0 spiro atoms. The molecule has 0 aliphatic carbocycles. The van der Waals surface area contributed by atoms with E-state index in [0.717, 1.165) is 5.57 Å². The van der Waals surface area contributed by atoms with Gasteiger partial charge in [0.05, 0.1) is 5.56 Å². The summed E-state index contributed by atoms with van der Waals surface area (Å²) >= 11 is 0. The van der Waals surface area contributed by atoms with Crippen LogP contribution in [0.1, 0.15) is 27.0 Å². The lowest BCUT2D eigenvalue weighted by molar-refractivity contribution is 0.100. The van der Waals surface area contributed by atoms with Crippen LogP contribution < -0.4 is 16.2 Å². The quantitative estimate of drug-likeness (QED) is 0.642. The summed E-state index contributed by atoms with van der Waals surface area (Å²) in [5.74, 6) is -0.922. The number of aliphatic imine (C=N–C) groups is 1. The second-order valence-corrected chi connectivity index (χ2v) is 5.29. The van der Waals surface area contributed by atoms with Gasteiger partial charge in [-0.2, -0.15) is 10.3 Å². The SMILES string of the molecule is N#Cc1cc(C2=CCOc3ccc(C(=O)N=C(N)N)cc32)ccc1F. The minimum absolute atomic E-state index is 0.0563. The number of carbonyl (C=O) groups excluding carboxylic acids is 1. The summed E-state index contributed by atoms with van der Waals surface area (Å²) < 4.78 is 19.1. The molecule has 25 heavy (non-hydrogen) atoms. The molecule has 0 bridgehead atoms. The standard InChI is InChI=1S/C18H13FN4O2/c19-15-3-1-10(7-12(15)9-20)13-5-6-25-16-4-2-11(8-14(13)16)17(24)23-18(21)22/h1-5,7-8H,6H2,(H4,21,22,23,24). The Kier molecular flexibility index (Phi) is 4.18. The first-order valence-corrected chi connectivity index (χ1v) is 7.31. The average Bonchev–Trinajstić information content (AvgIpc) is 2.60. The highest BCUT2D eigenvalue weighted by Crippen LogP contribution is 2.35. The molecule has 1 aliphatic rings. The number of nitriles is 1. The highest BCUT2D eigenvalue weighted by molar-refractivity contribution is 6.03. The molecule has 0 atom stereocenters. The van der Waals surface area contributed by atoms with E-state index in [1.54, 1.807) is 30.3 Å². The second-order valence-electron chi connectivity index (χ2n) is 5.29. The molecule has 1 aliphatic heterocycles. The van der Waals surface area contributed by atoms with E-state index in [1.807, 2.05) is 6.07 Å². The molecule has 1 amide bonds. The van der Waals surface area contributed by atoms with Crippen LogP contribution in [0.25, 0.3) is 5.57 Å². The lowest BCUT2D eigenvalue weighted by Gasteiger charge is -2.19. The zero-order chi connectivity index (χ0) is 18.0. The van der Waals surface area contributed by atoms with Crippen LogP contribution in [0.3, 0.4) is 0 Å². The number of halogens is 1. The summed E-state index contributed by atoms with van der Waals surface area (Å²) in [6, 6.07) is 10.9. The van der Waals surface area contributed by atoms with Crippen LogP contribution in [0, 0.1) is 17.1 Å². The number of nitrogens with zero attached hydrogens (tertiary/aromatic N) is 2. The lowest BCUT2D eigenvalue weighted by atomic mass is 9.93. The predicted octanol–water partition coefficient (Wildman–Crippen LogP) is 1.94. The molecule has 124 valence electrons. The van der Waals surface area contributed by atoms with Gasteiger partial charge >= 0.3 is 0 Å². The van der Waals surface area contributed by atoms with Crippen LogP contribution in [0.2, 0.25) is 0 Å². The molecule has 2 aromatic rings.